The summed E-state index contributed by atoms with van der Waals surface area (Å²) < 4.78 is 0. The lowest BCUT2D eigenvalue weighted by Gasteiger charge is -2.55. The fourth-order valence-corrected chi connectivity index (χ4v) is 5.71. The second-order valence-corrected chi connectivity index (χ2v) is 9.48. The lowest BCUT2D eigenvalue weighted by atomic mass is 9.49. The smallest absolute Gasteiger partial charge is 0.328 e. The highest BCUT2D eigenvalue weighted by Gasteiger charge is 2.51. The van der Waals surface area contributed by atoms with E-state index in [1.54, 1.807) is 0 Å². The van der Waals surface area contributed by atoms with E-state index in [2.05, 4.69) is 51.2 Å². The Bertz CT molecular complexity index is 797. The molecule has 0 heterocycles. The summed E-state index contributed by atoms with van der Waals surface area (Å²) >= 11 is 0. The molecule has 2 N–H and O–H groups in total. The van der Waals surface area contributed by atoms with Crippen LogP contribution in [0, 0.1) is 11.3 Å². The van der Waals surface area contributed by atoms with Crippen molar-refractivity contribution in [1.82, 2.24) is 5.32 Å². The first-order valence-electron chi connectivity index (χ1n) is 10.5. The molecule has 1 amide bonds. The Morgan fingerprint density at radius 3 is 2.68 bits per heavy atom. The SMILES string of the molecule is CC(C)c1ccc2c(c1)CC[C@@H]1[C@](C)(CNC(=O)/C=C/C(=O)O)CCC[C@@]21C. The first-order chi connectivity index (χ1) is 13.2. The van der Waals surface area contributed by atoms with Crippen LogP contribution in [0.3, 0.4) is 0 Å². The van der Waals surface area contributed by atoms with Crippen molar-refractivity contribution in [2.24, 2.45) is 11.3 Å². The summed E-state index contributed by atoms with van der Waals surface area (Å²) in [5.41, 5.74) is 4.57. The number of carbonyl (C=O) groups excluding carboxylic acids is 1. The number of fused-ring (bicyclic) bond motifs is 3. The van der Waals surface area contributed by atoms with Gasteiger partial charge in [0.1, 0.15) is 0 Å². The largest absolute Gasteiger partial charge is 0.478 e. The molecule has 0 saturated heterocycles. The first kappa shape index (κ1) is 20.6. The van der Waals surface area contributed by atoms with Crippen LogP contribution in [0.25, 0.3) is 0 Å². The molecule has 1 fully saturated rings. The van der Waals surface area contributed by atoms with E-state index in [1.807, 2.05) is 0 Å². The lowest BCUT2D eigenvalue weighted by Crippen LogP contribution is -2.53. The van der Waals surface area contributed by atoms with Gasteiger partial charge in [-0.15, -0.1) is 0 Å². The van der Waals surface area contributed by atoms with Crippen LogP contribution >= 0.6 is 0 Å². The number of carboxylic acid groups (broad SMARTS) is 1. The van der Waals surface area contributed by atoms with Crippen LogP contribution in [-0.4, -0.2) is 23.5 Å². The van der Waals surface area contributed by atoms with Crippen molar-refractivity contribution >= 4 is 11.9 Å². The van der Waals surface area contributed by atoms with E-state index in [9.17, 15) is 9.59 Å². The van der Waals surface area contributed by atoms with Crippen molar-refractivity contribution in [2.75, 3.05) is 6.54 Å². The summed E-state index contributed by atoms with van der Waals surface area (Å²) in [7, 11) is 0. The highest BCUT2D eigenvalue weighted by Crippen LogP contribution is 2.57. The summed E-state index contributed by atoms with van der Waals surface area (Å²) in [5.74, 6) is -0.374. The standard InChI is InChI=1S/C24H33NO3/c1-16(2)17-6-8-19-18(14-17)7-9-20-23(3,12-5-13-24(19,20)4)15-25-21(26)10-11-22(27)28/h6,8,10-11,14,16,20H,5,7,9,12-13,15H2,1-4H3,(H,25,26)(H,27,28)/b11-10+/t20-,23+,24+/m1/s1. The van der Waals surface area contributed by atoms with E-state index in [1.165, 1.54) is 23.1 Å². The predicted molar refractivity (Wildman–Crippen MR) is 111 cm³/mol. The first-order valence-corrected chi connectivity index (χ1v) is 10.5. The Hall–Kier alpha value is -2.10. The number of rotatable bonds is 5. The van der Waals surface area contributed by atoms with E-state index in [0.717, 1.165) is 37.8 Å². The molecule has 2 aliphatic rings. The maximum absolute atomic E-state index is 12.0. The van der Waals surface area contributed by atoms with Gasteiger partial charge in [0.25, 0.3) is 0 Å². The van der Waals surface area contributed by atoms with E-state index < -0.39 is 5.97 Å². The van der Waals surface area contributed by atoms with E-state index >= 15 is 0 Å². The minimum atomic E-state index is -1.10. The maximum Gasteiger partial charge on any atom is 0.328 e. The molecule has 0 spiro atoms. The molecule has 0 aliphatic heterocycles. The van der Waals surface area contributed by atoms with Crippen LogP contribution in [0.1, 0.15) is 76.0 Å². The van der Waals surface area contributed by atoms with Crippen molar-refractivity contribution in [3.8, 4) is 0 Å². The minimum Gasteiger partial charge on any atom is -0.478 e. The highest BCUT2D eigenvalue weighted by molar-refractivity contribution is 5.93. The van der Waals surface area contributed by atoms with Crippen LogP contribution in [0.15, 0.2) is 30.4 Å². The van der Waals surface area contributed by atoms with Crippen LogP contribution < -0.4 is 5.32 Å². The monoisotopic (exact) mass is 383 g/mol. The Kier molecular flexibility index (Phi) is 5.69. The molecule has 4 nitrogen and oxygen atoms in total. The average molecular weight is 384 g/mol. The molecule has 0 bridgehead atoms. The van der Waals surface area contributed by atoms with Gasteiger partial charge in [0.2, 0.25) is 5.91 Å². The number of benzene rings is 1. The number of nitrogens with one attached hydrogen (secondary N) is 1. The average Bonchev–Trinajstić information content (AvgIpc) is 2.64. The molecule has 0 aromatic heterocycles. The number of hydrogen-bond acceptors (Lipinski definition) is 2. The van der Waals surface area contributed by atoms with Gasteiger partial charge in [-0.1, -0.05) is 52.3 Å². The molecule has 2 aliphatic carbocycles. The molecule has 4 heteroatoms. The van der Waals surface area contributed by atoms with Crippen molar-refractivity contribution in [3.05, 3.63) is 47.0 Å². The van der Waals surface area contributed by atoms with Gasteiger partial charge in [-0.3, -0.25) is 4.79 Å². The van der Waals surface area contributed by atoms with Gasteiger partial charge in [0.05, 0.1) is 0 Å². The molecule has 0 unspecified atom stereocenters. The summed E-state index contributed by atoms with van der Waals surface area (Å²) in [4.78, 5) is 22.6. The summed E-state index contributed by atoms with van der Waals surface area (Å²) in [6.45, 7) is 9.79. The van der Waals surface area contributed by atoms with Gasteiger partial charge < -0.3 is 10.4 Å². The summed E-state index contributed by atoms with van der Waals surface area (Å²) in [6, 6.07) is 7.06. The van der Waals surface area contributed by atoms with Crippen LogP contribution in [0.5, 0.6) is 0 Å². The Morgan fingerprint density at radius 2 is 2.00 bits per heavy atom. The van der Waals surface area contributed by atoms with Gasteiger partial charge in [0.15, 0.2) is 0 Å². The van der Waals surface area contributed by atoms with Gasteiger partial charge >= 0.3 is 5.97 Å². The molecule has 3 rings (SSSR count). The Morgan fingerprint density at radius 1 is 1.25 bits per heavy atom. The molecule has 3 atom stereocenters. The molecule has 1 aromatic carbocycles. The third kappa shape index (κ3) is 3.87. The number of carboxylic acids is 1. The quantitative estimate of drug-likeness (QED) is 0.732. The molecule has 1 saturated carbocycles. The third-order valence-electron chi connectivity index (χ3n) is 7.21. The van der Waals surface area contributed by atoms with Gasteiger partial charge in [-0.2, -0.15) is 0 Å². The number of amides is 1. The second kappa shape index (κ2) is 7.73. The van der Waals surface area contributed by atoms with E-state index in [-0.39, 0.29) is 16.7 Å². The predicted octanol–water partition coefficient (Wildman–Crippen LogP) is 4.58. The highest BCUT2D eigenvalue weighted by atomic mass is 16.4. The van der Waals surface area contributed by atoms with Crippen LogP contribution in [0.4, 0.5) is 0 Å². The van der Waals surface area contributed by atoms with Gasteiger partial charge in [-0.25, -0.2) is 4.79 Å². The fraction of sp³-hybridized carbons (Fsp3) is 0.583. The lowest BCUT2D eigenvalue weighted by molar-refractivity contribution is -0.131. The minimum absolute atomic E-state index is 0.0220. The molecule has 1 aromatic rings. The van der Waals surface area contributed by atoms with Crippen LogP contribution in [0.2, 0.25) is 0 Å². The normalized spacial score (nSPS) is 29.4. The van der Waals surface area contributed by atoms with Crippen molar-refractivity contribution in [1.29, 1.82) is 0 Å². The Labute approximate surface area is 168 Å². The summed E-state index contributed by atoms with van der Waals surface area (Å²) in [6.07, 6.45) is 7.67. The maximum atomic E-state index is 12.0. The zero-order valence-corrected chi connectivity index (χ0v) is 17.5. The van der Waals surface area contributed by atoms with Crippen molar-refractivity contribution < 1.29 is 14.7 Å². The number of aliphatic carboxylic acids is 1. The number of carbonyl (C=O) groups is 2. The fourth-order valence-electron chi connectivity index (χ4n) is 5.71. The van der Waals surface area contributed by atoms with Crippen molar-refractivity contribution in [2.45, 2.75) is 71.1 Å². The van der Waals surface area contributed by atoms with E-state index in [0.29, 0.717) is 18.4 Å². The molecule has 0 radical (unpaired) electrons. The zero-order valence-electron chi connectivity index (χ0n) is 17.5. The van der Waals surface area contributed by atoms with Crippen molar-refractivity contribution in [3.63, 3.8) is 0 Å². The summed E-state index contributed by atoms with van der Waals surface area (Å²) in [5, 5.41) is 11.7. The van der Waals surface area contributed by atoms with Gasteiger partial charge in [0, 0.05) is 18.7 Å². The zero-order chi connectivity index (χ0) is 20.5. The van der Waals surface area contributed by atoms with E-state index in [4.69, 9.17) is 5.11 Å². The molecular formula is C24H33NO3. The second-order valence-electron chi connectivity index (χ2n) is 9.48. The third-order valence-corrected chi connectivity index (χ3v) is 7.21. The Balaban J connectivity index is 1.82. The molecule has 28 heavy (non-hydrogen) atoms. The molecule has 152 valence electrons. The molecular weight excluding hydrogens is 350 g/mol. The van der Waals surface area contributed by atoms with Gasteiger partial charge in [-0.05, 0) is 65.0 Å². The topological polar surface area (TPSA) is 66.4 Å². The number of hydrogen-bond donors (Lipinski definition) is 2. The number of aryl methyl sites for hydroxylation is 1. The van der Waals surface area contributed by atoms with Crippen LogP contribution in [-0.2, 0) is 21.4 Å².